The lowest BCUT2D eigenvalue weighted by Gasteiger charge is -2.45. The van der Waals surface area contributed by atoms with E-state index in [0.717, 1.165) is 24.5 Å². The second kappa shape index (κ2) is 11.3. The summed E-state index contributed by atoms with van der Waals surface area (Å²) in [5.74, 6) is -1.09. The SMILES string of the molecule is CN(C)[C@H]1C[C@@H](c2cccc(C(F)(F)F)c2)CC[C@@H]1N(C)c1cc(F)c(S(=O)(=O)Nc2ccncn2)cc1Cl. The maximum atomic E-state index is 15.2. The largest absolute Gasteiger partial charge is 0.416 e. The third-order valence-electron chi connectivity index (χ3n) is 7.12. The smallest absolute Gasteiger partial charge is 0.369 e. The molecule has 0 radical (unpaired) electrons. The van der Waals surface area contributed by atoms with Crippen LogP contribution in [0.3, 0.4) is 0 Å². The molecule has 1 fully saturated rings. The number of nitrogens with one attached hydrogen (secondary N) is 1. The molecule has 1 N–H and O–H groups in total. The minimum atomic E-state index is -4.42. The van der Waals surface area contributed by atoms with Crippen LogP contribution in [0.15, 0.2) is 59.9 Å². The van der Waals surface area contributed by atoms with Gasteiger partial charge in [-0.25, -0.2) is 22.8 Å². The zero-order valence-corrected chi connectivity index (χ0v) is 23.0. The number of anilines is 2. The van der Waals surface area contributed by atoms with E-state index in [4.69, 9.17) is 11.6 Å². The predicted octanol–water partition coefficient (Wildman–Crippen LogP) is 5.79. The third-order valence-corrected chi connectivity index (χ3v) is 8.79. The molecule has 0 aliphatic heterocycles. The van der Waals surface area contributed by atoms with Crippen molar-refractivity contribution in [3.63, 3.8) is 0 Å². The van der Waals surface area contributed by atoms with E-state index >= 15 is 4.39 Å². The Morgan fingerprint density at radius 3 is 2.44 bits per heavy atom. The standard InChI is InChI=1S/C26H28ClF4N5O2S/c1-35(2)23-12-17(16-5-4-6-18(11-16)26(29,30)31)7-8-21(23)36(3)22-14-20(28)24(13-19(22)27)39(37,38)34-25-9-10-32-15-33-25/h4-6,9-11,13-15,17,21,23H,7-8,12H2,1-3H3,(H,32,33,34)/t17-,21-,23-/m0/s1. The third kappa shape index (κ3) is 6.44. The van der Waals surface area contributed by atoms with Gasteiger partial charge in [0.2, 0.25) is 0 Å². The van der Waals surface area contributed by atoms with Gasteiger partial charge in [0.1, 0.15) is 22.9 Å². The van der Waals surface area contributed by atoms with Crippen LogP contribution in [0.1, 0.15) is 36.3 Å². The van der Waals surface area contributed by atoms with Crippen molar-refractivity contribution in [2.75, 3.05) is 30.8 Å². The quantitative estimate of drug-likeness (QED) is 0.354. The molecule has 7 nitrogen and oxygen atoms in total. The van der Waals surface area contributed by atoms with Crippen molar-refractivity contribution in [1.82, 2.24) is 14.9 Å². The molecule has 0 unspecified atom stereocenters. The Morgan fingerprint density at radius 1 is 1.05 bits per heavy atom. The lowest BCUT2D eigenvalue weighted by atomic mass is 9.77. The number of hydrogen-bond donors (Lipinski definition) is 1. The Balaban J connectivity index is 1.57. The summed E-state index contributed by atoms with van der Waals surface area (Å²) in [6, 6.07) is 8.66. The maximum absolute atomic E-state index is 15.2. The van der Waals surface area contributed by atoms with Gasteiger partial charge in [0, 0.05) is 31.4 Å². The number of sulfonamides is 1. The van der Waals surface area contributed by atoms with E-state index in [0.29, 0.717) is 30.5 Å². The predicted molar refractivity (Wildman–Crippen MR) is 142 cm³/mol. The fourth-order valence-electron chi connectivity index (χ4n) is 5.13. The summed E-state index contributed by atoms with van der Waals surface area (Å²) in [6.45, 7) is 0. The summed E-state index contributed by atoms with van der Waals surface area (Å²) < 4.78 is 82.8. The molecule has 0 spiro atoms. The van der Waals surface area contributed by atoms with Gasteiger partial charge in [0.25, 0.3) is 10.0 Å². The molecule has 2 aromatic carbocycles. The molecule has 0 saturated heterocycles. The first-order valence-corrected chi connectivity index (χ1v) is 14.0. The van der Waals surface area contributed by atoms with E-state index in [-0.39, 0.29) is 28.8 Å². The van der Waals surface area contributed by atoms with E-state index in [2.05, 4.69) is 14.7 Å². The number of likely N-dealkylation sites (N-methyl/N-ethyl adjacent to an activating group) is 2. The van der Waals surface area contributed by atoms with Crippen LogP contribution in [-0.2, 0) is 16.2 Å². The Labute approximate surface area is 229 Å². The molecule has 1 aliphatic carbocycles. The van der Waals surface area contributed by atoms with Gasteiger partial charge < -0.3 is 9.80 Å². The highest BCUT2D eigenvalue weighted by Crippen LogP contribution is 2.41. The molecule has 39 heavy (non-hydrogen) atoms. The normalized spacial score (nSPS) is 20.2. The summed E-state index contributed by atoms with van der Waals surface area (Å²) in [5.41, 5.74) is 0.268. The highest BCUT2D eigenvalue weighted by Gasteiger charge is 2.37. The number of aromatic nitrogens is 2. The molecule has 1 saturated carbocycles. The van der Waals surface area contributed by atoms with Crippen LogP contribution in [0.25, 0.3) is 0 Å². The minimum Gasteiger partial charge on any atom is -0.369 e. The van der Waals surface area contributed by atoms with Gasteiger partial charge in [-0.2, -0.15) is 13.2 Å². The number of hydrogen-bond acceptors (Lipinski definition) is 6. The van der Waals surface area contributed by atoms with Crippen LogP contribution in [0.4, 0.5) is 29.1 Å². The highest BCUT2D eigenvalue weighted by atomic mass is 35.5. The Kier molecular flexibility index (Phi) is 8.38. The van der Waals surface area contributed by atoms with Gasteiger partial charge in [0.15, 0.2) is 0 Å². The Bertz CT molecular complexity index is 1420. The van der Waals surface area contributed by atoms with Gasteiger partial charge in [-0.3, -0.25) is 4.72 Å². The number of halogens is 5. The van der Waals surface area contributed by atoms with Gasteiger partial charge >= 0.3 is 6.18 Å². The van der Waals surface area contributed by atoms with Crippen molar-refractivity contribution in [3.8, 4) is 0 Å². The Morgan fingerprint density at radius 2 is 1.79 bits per heavy atom. The summed E-state index contributed by atoms with van der Waals surface area (Å²) in [6.07, 6.45) is -0.112. The van der Waals surface area contributed by atoms with Crippen LogP contribution in [-0.4, -0.2) is 56.5 Å². The average Bonchev–Trinajstić information content (AvgIpc) is 2.89. The summed E-state index contributed by atoms with van der Waals surface area (Å²) >= 11 is 6.49. The highest BCUT2D eigenvalue weighted by molar-refractivity contribution is 7.92. The number of nitrogens with zero attached hydrogens (tertiary/aromatic N) is 4. The molecule has 3 aromatic rings. The second-order valence-electron chi connectivity index (χ2n) is 9.78. The fraction of sp³-hybridized carbons (Fsp3) is 0.385. The number of rotatable bonds is 7. The molecule has 0 amide bonds. The van der Waals surface area contributed by atoms with E-state index in [9.17, 15) is 21.6 Å². The zero-order chi connectivity index (χ0) is 28.5. The first-order valence-electron chi connectivity index (χ1n) is 12.1. The van der Waals surface area contributed by atoms with Crippen LogP contribution in [0.5, 0.6) is 0 Å². The van der Waals surface area contributed by atoms with E-state index in [1.807, 2.05) is 23.9 Å². The topological polar surface area (TPSA) is 78.4 Å². The molecule has 1 heterocycles. The van der Waals surface area contributed by atoms with Crippen molar-refractivity contribution < 1.29 is 26.0 Å². The number of benzene rings is 2. The van der Waals surface area contributed by atoms with E-state index < -0.39 is 32.5 Å². The average molecular weight is 586 g/mol. The summed E-state index contributed by atoms with van der Waals surface area (Å²) in [7, 11) is 1.20. The minimum absolute atomic E-state index is 0.0203. The molecule has 0 bridgehead atoms. The van der Waals surface area contributed by atoms with Crippen LogP contribution in [0.2, 0.25) is 5.02 Å². The van der Waals surface area contributed by atoms with Crippen molar-refractivity contribution in [2.45, 2.75) is 48.3 Å². The fourth-order valence-corrected chi connectivity index (χ4v) is 6.58. The van der Waals surface area contributed by atoms with Crippen LogP contribution >= 0.6 is 11.6 Å². The summed E-state index contributed by atoms with van der Waals surface area (Å²) in [4.78, 5) is 10.7. The lowest BCUT2D eigenvalue weighted by molar-refractivity contribution is -0.137. The van der Waals surface area contributed by atoms with Crippen LogP contribution in [0, 0.1) is 5.82 Å². The zero-order valence-electron chi connectivity index (χ0n) is 21.5. The first-order chi connectivity index (χ1) is 18.3. The van der Waals surface area contributed by atoms with Gasteiger partial charge in [-0.1, -0.05) is 29.8 Å². The molecule has 1 aromatic heterocycles. The van der Waals surface area contributed by atoms with Crippen LogP contribution < -0.4 is 9.62 Å². The Hall–Kier alpha value is -2.96. The van der Waals surface area contributed by atoms with E-state index in [1.54, 1.807) is 13.1 Å². The van der Waals surface area contributed by atoms with Gasteiger partial charge in [0.05, 0.1) is 16.3 Å². The second-order valence-corrected chi connectivity index (χ2v) is 11.8. The van der Waals surface area contributed by atoms with E-state index in [1.165, 1.54) is 24.4 Å². The molecule has 3 atom stereocenters. The number of alkyl halides is 3. The molecule has 1 aliphatic rings. The monoisotopic (exact) mass is 585 g/mol. The molecule has 4 rings (SSSR count). The van der Waals surface area contributed by atoms with Crippen molar-refractivity contribution >= 4 is 33.1 Å². The molecule has 13 heteroatoms. The van der Waals surface area contributed by atoms with Crippen molar-refractivity contribution in [3.05, 3.63) is 77.0 Å². The first kappa shape index (κ1) is 29.0. The molecular weight excluding hydrogens is 558 g/mol. The maximum Gasteiger partial charge on any atom is 0.416 e. The molecule has 210 valence electrons. The van der Waals surface area contributed by atoms with Gasteiger partial charge in [-0.05, 0) is 63.0 Å². The van der Waals surface area contributed by atoms with Crippen molar-refractivity contribution in [1.29, 1.82) is 0 Å². The molecular formula is C26H28ClF4N5O2S. The van der Waals surface area contributed by atoms with Gasteiger partial charge in [-0.15, -0.1) is 0 Å². The summed E-state index contributed by atoms with van der Waals surface area (Å²) in [5, 5.41) is 0.0412. The lowest BCUT2D eigenvalue weighted by Crippen LogP contribution is -2.51. The van der Waals surface area contributed by atoms with Crippen molar-refractivity contribution in [2.24, 2.45) is 0 Å².